The number of esters is 1. The summed E-state index contributed by atoms with van der Waals surface area (Å²) in [6.07, 6.45) is 1.09. The number of ether oxygens (including phenoxy) is 2. The minimum atomic E-state index is -3.66. The van der Waals surface area contributed by atoms with Crippen LogP contribution in [-0.2, 0) is 19.5 Å². The summed E-state index contributed by atoms with van der Waals surface area (Å²) in [4.78, 5) is 14.1. The second-order valence-corrected chi connectivity index (χ2v) is 9.22. The quantitative estimate of drug-likeness (QED) is 0.471. The van der Waals surface area contributed by atoms with Crippen LogP contribution in [0.25, 0.3) is 0 Å². The highest BCUT2D eigenvalue weighted by Crippen LogP contribution is 2.23. The van der Waals surface area contributed by atoms with Crippen LogP contribution in [0, 0.1) is 0 Å². The molecule has 0 bridgehead atoms. The molecule has 1 aliphatic rings. The van der Waals surface area contributed by atoms with Gasteiger partial charge in [0.1, 0.15) is 0 Å². The molecule has 0 radical (unpaired) electrons. The van der Waals surface area contributed by atoms with E-state index >= 15 is 0 Å². The summed E-state index contributed by atoms with van der Waals surface area (Å²) in [7, 11) is -3.66. The Morgan fingerprint density at radius 3 is 2.59 bits per heavy atom. The summed E-state index contributed by atoms with van der Waals surface area (Å²) in [5, 5.41) is 0. The summed E-state index contributed by atoms with van der Waals surface area (Å²) in [5.41, 5.74) is 0.304. The van der Waals surface area contributed by atoms with Gasteiger partial charge in [0.05, 0.1) is 29.3 Å². The van der Waals surface area contributed by atoms with E-state index in [2.05, 4.69) is 25.6 Å². The smallest absolute Gasteiger partial charge is 0.338 e. The van der Waals surface area contributed by atoms with E-state index < -0.39 is 16.0 Å². The molecule has 2 atom stereocenters. The molecule has 1 heterocycles. The molecule has 2 unspecified atom stereocenters. The Bertz CT molecular complexity index is 746. The zero-order valence-electron chi connectivity index (χ0n) is 15.9. The summed E-state index contributed by atoms with van der Waals surface area (Å²) in [5.74, 6) is -0.482. The van der Waals surface area contributed by atoms with Crippen LogP contribution in [0.4, 0.5) is 0 Å². The summed E-state index contributed by atoms with van der Waals surface area (Å²) >= 11 is 3.24. The molecule has 1 fully saturated rings. The first-order valence-electron chi connectivity index (χ1n) is 9.07. The molecule has 9 heteroatoms. The van der Waals surface area contributed by atoms with E-state index in [1.54, 1.807) is 6.92 Å². The molecule has 152 valence electrons. The average Bonchev–Trinajstić information content (AvgIpc) is 2.58. The van der Waals surface area contributed by atoms with Gasteiger partial charge in [0.2, 0.25) is 10.0 Å². The fourth-order valence-corrected chi connectivity index (χ4v) is 5.26. The van der Waals surface area contributed by atoms with Crippen LogP contribution in [0.2, 0.25) is 0 Å². The number of carbonyl (C=O) groups excluding carboxylic acids is 1. The zero-order valence-corrected chi connectivity index (χ0v) is 18.3. The molecule has 1 N–H and O–H groups in total. The van der Waals surface area contributed by atoms with Gasteiger partial charge in [-0.15, -0.1) is 0 Å². The average molecular weight is 463 g/mol. The molecule has 0 saturated carbocycles. The van der Waals surface area contributed by atoms with Crippen molar-refractivity contribution >= 4 is 31.9 Å². The molecule has 1 aromatic carbocycles. The van der Waals surface area contributed by atoms with Gasteiger partial charge in [-0.25, -0.2) is 17.9 Å². The van der Waals surface area contributed by atoms with Crippen LogP contribution in [0.1, 0.15) is 37.6 Å². The lowest BCUT2D eigenvalue weighted by atomic mass is 10.2. The van der Waals surface area contributed by atoms with Crippen molar-refractivity contribution in [3.63, 3.8) is 0 Å². The number of morpholine rings is 1. The van der Waals surface area contributed by atoms with Crippen molar-refractivity contribution < 1.29 is 22.7 Å². The molecule has 7 nitrogen and oxygen atoms in total. The summed E-state index contributed by atoms with van der Waals surface area (Å²) in [6, 6.07) is 4.32. The third-order valence-electron chi connectivity index (χ3n) is 4.17. The minimum absolute atomic E-state index is 0.101. The lowest BCUT2D eigenvalue weighted by Gasteiger charge is -2.35. The first-order chi connectivity index (χ1) is 12.7. The fraction of sp³-hybridized carbons (Fsp3) is 0.611. The maximum Gasteiger partial charge on any atom is 0.338 e. The van der Waals surface area contributed by atoms with Gasteiger partial charge in [-0.3, -0.25) is 4.90 Å². The van der Waals surface area contributed by atoms with Crippen LogP contribution in [0.15, 0.2) is 27.6 Å². The standard InChI is InChI=1S/C18H27BrN2O5S/c1-4-25-18(22)15-6-7-17(16(19)10-15)27(23,24)20-8-5-9-21-11-13(2)26-14(3)12-21/h6-7,10,13-14,20H,4-5,8-9,11-12H2,1-3H3. The first kappa shape index (κ1) is 22.3. The van der Waals surface area contributed by atoms with Crippen LogP contribution < -0.4 is 4.72 Å². The second kappa shape index (κ2) is 9.97. The Morgan fingerprint density at radius 2 is 2.00 bits per heavy atom. The number of hydrogen-bond donors (Lipinski definition) is 1. The number of nitrogens with one attached hydrogen (secondary N) is 1. The van der Waals surface area contributed by atoms with Crippen molar-refractivity contribution in [2.24, 2.45) is 0 Å². The lowest BCUT2D eigenvalue weighted by molar-refractivity contribution is -0.0679. The van der Waals surface area contributed by atoms with Crippen molar-refractivity contribution in [2.45, 2.75) is 44.3 Å². The van der Waals surface area contributed by atoms with E-state index in [9.17, 15) is 13.2 Å². The van der Waals surface area contributed by atoms with Gasteiger partial charge in [-0.05, 0) is 67.9 Å². The SMILES string of the molecule is CCOC(=O)c1ccc(S(=O)(=O)NCCCN2CC(C)OC(C)C2)c(Br)c1. The van der Waals surface area contributed by atoms with E-state index in [0.29, 0.717) is 23.0 Å². The maximum absolute atomic E-state index is 12.5. The largest absolute Gasteiger partial charge is 0.462 e. The molecular weight excluding hydrogens is 436 g/mol. The number of halogens is 1. The van der Waals surface area contributed by atoms with E-state index in [0.717, 1.165) is 19.6 Å². The zero-order chi connectivity index (χ0) is 20.0. The Kier molecular flexibility index (Phi) is 8.23. The number of benzene rings is 1. The minimum Gasteiger partial charge on any atom is -0.462 e. The van der Waals surface area contributed by atoms with Crippen LogP contribution in [0.3, 0.4) is 0 Å². The highest BCUT2D eigenvalue weighted by Gasteiger charge is 2.22. The van der Waals surface area contributed by atoms with Crippen molar-refractivity contribution in [3.05, 3.63) is 28.2 Å². The number of carbonyl (C=O) groups is 1. The maximum atomic E-state index is 12.5. The molecule has 27 heavy (non-hydrogen) atoms. The van der Waals surface area contributed by atoms with Gasteiger partial charge in [-0.1, -0.05) is 0 Å². The van der Waals surface area contributed by atoms with Gasteiger partial charge in [0, 0.05) is 24.1 Å². The van der Waals surface area contributed by atoms with Gasteiger partial charge in [-0.2, -0.15) is 0 Å². The van der Waals surface area contributed by atoms with Crippen molar-refractivity contribution in [2.75, 3.05) is 32.8 Å². The van der Waals surface area contributed by atoms with Crippen LogP contribution >= 0.6 is 15.9 Å². The van der Waals surface area contributed by atoms with Crippen molar-refractivity contribution in [1.82, 2.24) is 9.62 Å². The van der Waals surface area contributed by atoms with E-state index in [1.165, 1.54) is 18.2 Å². The second-order valence-electron chi connectivity index (χ2n) is 6.63. The van der Waals surface area contributed by atoms with Gasteiger partial charge < -0.3 is 9.47 Å². The van der Waals surface area contributed by atoms with E-state index in [4.69, 9.17) is 9.47 Å². The van der Waals surface area contributed by atoms with Crippen molar-refractivity contribution in [3.8, 4) is 0 Å². The normalized spacial score (nSPS) is 21.2. The number of rotatable bonds is 8. The fourth-order valence-electron chi connectivity index (χ4n) is 3.11. The Balaban J connectivity index is 1.89. The first-order valence-corrected chi connectivity index (χ1v) is 11.3. The molecule has 1 aliphatic heterocycles. The monoisotopic (exact) mass is 462 g/mol. The van der Waals surface area contributed by atoms with E-state index in [-0.39, 0.29) is 23.7 Å². The topological polar surface area (TPSA) is 84.9 Å². The molecule has 1 aromatic rings. The lowest BCUT2D eigenvalue weighted by Crippen LogP contribution is -2.46. The Labute approximate surface area is 169 Å². The highest BCUT2D eigenvalue weighted by molar-refractivity contribution is 9.10. The molecule has 0 aliphatic carbocycles. The highest BCUT2D eigenvalue weighted by atomic mass is 79.9. The van der Waals surface area contributed by atoms with Gasteiger partial charge in [0.25, 0.3) is 0 Å². The third kappa shape index (κ3) is 6.53. The van der Waals surface area contributed by atoms with E-state index in [1.807, 2.05) is 13.8 Å². The molecule has 2 rings (SSSR count). The Morgan fingerprint density at radius 1 is 1.33 bits per heavy atom. The Hall–Kier alpha value is -1.00. The molecule has 1 saturated heterocycles. The predicted molar refractivity (Wildman–Crippen MR) is 106 cm³/mol. The van der Waals surface area contributed by atoms with Crippen molar-refractivity contribution in [1.29, 1.82) is 0 Å². The molecular formula is C18H27BrN2O5S. The third-order valence-corrected chi connectivity index (χ3v) is 6.61. The number of hydrogen-bond acceptors (Lipinski definition) is 6. The van der Waals surface area contributed by atoms with Gasteiger partial charge in [0.15, 0.2) is 0 Å². The van der Waals surface area contributed by atoms with Gasteiger partial charge >= 0.3 is 5.97 Å². The molecule has 0 aromatic heterocycles. The summed E-state index contributed by atoms with van der Waals surface area (Å²) in [6.45, 7) is 8.94. The predicted octanol–water partition coefficient (Wildman–Crippen LogP) is 2.40. The number of sulfonamides is 1. The number of nitrogens with zero attached hydrogens (tertiary/aromatic N) is 1. The summed E-state index contributed by atoms with van der Waals surface area (Å²) < 4.78 is 38.6. The van der Waals surface area contributed by atoms with Crippen LogP contribution in [0.5, 0.6) is 0 Å². The molecule has 0 amide bonds. The molecule has 0 spiro atoms. The van der Waals surface area contributed by atoms with Crippen LogP contribution in [-0.4, -0.2) is 64.3 Å².